The predicted molar refractivity (Wildman–Crippen MR) is 82.0 cm³/mol. The zero-order valence-electron chi connectivity index (χ0n) is 12.6. The van der Waals surface area contributed by atoms with E-state index in [2.05, 4.69) is 22.8 Å². The van der Waals surface area contributed by atoms with Gasteiger partial charge in [-0.05, 0) is 25.5 Å². The van der Waals surface area contributed by atoms with E-state index in [0.29, 0.717) is 0 Å². The number of primary amides is 1. The van der Waals surface area contributed by atoms with Crippen LogP contribution in [0.15, 0.2) is 11.0 Å². The molecule has 1 aromatic heterocycles. The van der Waals surface area contributed by atoms with Crippen molar-refractivity contribution in [3.8, 4) is 0 Å². The molecule has 10 heteroatoms. The Morgan fingerprint density at radius 3 is 2.46 bits per heavy atom. The normalized spacial score (nSPS) is 21.7. The Labute approximate surface area is 140 Å². The van der Waals surface area contributed by atoms with Crippen LogP contribution in [-0.4, -0.2) is 27.6 Å². The largest absolute Gasteiger partial charge is 0.435 e. The Morgan fingerprint density at radius 2 is 1.96 bits per heavy atom. The molecule has 0 saturated carbocycles. The fraction of sp³-hybridized carbons (Fsp3) is 0.357. The summed E-state index contributed by atoms with van der Waals surface area (Å²) in [5.74, 6) is -3.65. The minimum atomic E-state index is -4.81. The number of halogens is 3. The molecule has 1 aliphatic rings. The van der Waals surface area contributed by atoms with E-state index in [-0.39, 0.29) is 16.3 Å². The smallest absolute Gasteiger partial charge is 0.366 e. The van der Waals surface area contributed by atoms with Crippen molar-refractivity contribution < 1.29 is 22.8 Å². The van der Waals surface area contributed by atoms with Crippen molar-refractivity contribution in [2.45, 2.75) is 25.9 Å². The van der Waals surface area contributed by atoms with Crippen molar-refractivity contribution >= 4 is 30.0 Å². The van der Waals surface area contributed by atoms with Crippen LogP contribution >= 0.6 is 12.6 Å². The predicted octanol–water partition coefficient (Wildman–Crippen LogP) is 2.04. The molecule has 1 aromatic rings. The highest BCUT2D eigenvalue weighted by atomic mass is 32.1. The molecule has 2 rings (SSSR count). The molecule has 1 heterocycles. The third-order valence-corrected chi connectivity index (χ3v) is 4.20. The number of rotatable bonds is 2. The summed E-state index contributed by atoms with van der Waals surface area (Å²) in [7, 11) is 0. The van der Waals surface area contributed by atoms with Crippen LogP contribution in [0.3, 0.4) is 0 Å². The highest BCUT2D eigenvalue weighted by Crippen LogP contribution is 2.38. The van der Waals surface area contributed by atoms with Gasteiger partial charge in [-0.1, -0.05) is 0 Å². The summed E-state index contributed by atoms with van der Waals surface area (Å²) in [6, 6.07) is 0. The number of alkyl halides is 3. The van der Waals surface area contributed by atoms with Gasteiger partial charge in [-0.25, -0.2) is 0 Å². The second-order valence-corrected chi connectivity index (χ2v) is 5.89. The summed E-state index contributed by atoms with van der Waals surface area (Å²) in [5.41, 5.74) is 2.61. The van der Waals surface area contributed by atoms with Gasteiger partial charge < -0.3 is 11.1 Å². The van der Waals surface area contributed by atoms with Gasteiger partial charge in [0, 0.05) is 10.6 Å². The molecule has 2 unspecified atom stereocenters. The first kappa shape index (κ1) is 18.1. The Hall–Kier alpha value is -2.23. The molecule has 2 atom stereocenters. The number of aromatic nitrogens is 2. The van der Waals surface area contributed by atoms with E-state index in [9.17, 15) is 22.8 Å². The maximum Gasteiger partial charge on any atom is 0.435 e. The van der Waals surface area contributed by atoms with Crippen LogP contribution in [0.1, 0.15) is 40.2 Å². The molecule has 0 aliphatic heterocycles. The molecule has 0 aromatic carbocycles. The zero-order chi connectivity index (χ0) is 18.4. The number of carbonyl (C=O) groups is 2. The van der Waals surface area contributed by atoms with Gasteiger partial charge in [0.25, 0.3) is 5.91 Å². The number of nitrogens with zero attached hydrogens (tertiary/aromatic N) is 2. The van der Waals surface area contributed by atoms with Crippen molar-refractivity contribution in [3.05, 3.63) is 33.5 Å². The molecule has 6 nitrogen and oxygen atoms in total. The van der Waals surface area contributed by atoms with Crippen molar-refractivity contribution in [1.29, 1.82) is 5.41 Å². The number of Topliss-reactive ketones (excluding diaryl/α,β-unsaturated/α-hetero) is 1. The van der Waals surface area contributed by atoms with Gasteiger partial charge in [0.15, 0.2) is 11.5 Å². The van der Waals surface area contributed by atoms with Gasteiger partial charge >= 0.3 is 6.18 Å². The van der Waals surface area contributed by atoms with Crippen LogP contribution in [0.25, 0.3) is 0 Å². The summed E-state index contributed by atoms with van der Waals surface area (Å²) in [6.07, 6.45) is -3.51. The molecule has 0 saturated heterocycles. The number of nitrogens with one attached hydrogen (secondary N) is 1. The number of ketones is 1. The summed E-state index contributed by atoms with van der Waals surface area (Å²) < 4.78 is 38.9. The maximum atomic E-state index is 13.0. The molecule has 24 heavy (non-hydrogen) atoms. The van der Waals surface area contributed by atoms with Gasteiger partial charge in [0.1, 0.15) is 0 Å². The van der Waals surface area contributed by atoms with Crippen molar-refractivity contribution in [3.63, 3.8) is 0 Å². The minimum absolute atomic E-state index is 0.0125. The van der Waals surface area contributed by atoms with Crippen LogP contribution in [-0.2, 0) is 11.0 Å². The minimum Gasteiger partial charge on any atom is -0.366 e. The molecular formula is C14H13F3N4O2S. The van der Waals surface area contributed by atoms with Crippen LogP contribution < -0.4 is 5.73 Å². The Kier molecular flexibility index (Phi) is 4.53. The first-order chi connectivity index (χ1) is 11.0. The Morgan fingerprint density at radius 1 is 1.38 bits per heavy atom. The average Bonchev–Trinajstić information content (AvgIpc) is 2.43. The van der Waals surface area contributed by atoms with Crippen molar-refractivity contribution in [1.82, 2.24) is 10.2 Å². The van der Waals surface area contributed by atoms with E-state index in [1.807, 2.05) is 0 Å². The molecule has 0 radical (unpaired) electrons. The van der Waals surface area contributed by atoms with Gasteiger partial charge in [0.05, 0.1) is 23.1 Å². The Balaban J connectivity index is 2.74. The van der Waals surface area contributed by atoms with Crippen LogP contribution in [0.5, 0.6) is 0 Å². The second-order valence-electron chi connectivity index (χ2n) is 5.38. The van der Waals surface area contributed by atoms with E-state index < -0.39 is 46.5 Å². The monoisotopic (exact) mass is 358 g/mol. The summed E-state index contributed by atoms with van der Waals surface area (Å²) in [5, 5.41) is 14.3. The first-order valence-corrected chi connectivity index (χ1v) is 7.18. The van der Waals surface area contributed by atoms with E-state index in [1.54, 1.807) is 0 Å². The molecule has 128 valence electrons. The van der Waals surface area contributed by atoms with Crippen molar-refractivity contribution in [2.24, 2.45) is 11.7 Å². The summed E-state index contributed by atoms with van der Waals surface area (Å²) in [4.78, 5) is 24.3. The standard InChI is InChI=1S/C14H13F3N4O2S/c1-4-6(18)3-7(24)9(11(4)22)10-8(13(19)23)5(2)12(21-20-10)14(15,16)17/h3-4,9,18,24H,1-2H3,(H2,19,23). The molecule has 3 N–H and O–H groups in total. The number of hydrogen-bond donors (Lipinski definition) is 3. The van der Waals surface area contributed by atoms with Crippen LogP contribution in [0.2, 0.25) is 0 Å². The van der Waals surface area contributed by atoms with E-state index >= 15 is 0 Å². The topological polar surface area (TPSA) is 110 Å². The van der Waals surface area contributed by atoms with Crippen LogP contribution in [0, 0.1) is 18.3 Å². The number of hydrogen-bond acceptors (Lipinski definition) is 6. The lowest BCUT2D eigenvalue weighted by Crippen LogP contribution is -2.33. The van der Waals surface area contributed by atoms with E-state index in [1.165, 1.54) is 13.0 Å². The van der Waals surface area contributed by atoms with E-state index in [0.717, 1.165) is 6.92 Å². The lowest BCUT2D eigenvalue weighted by molar-refractivity contribution is -0.142. The summed E-state index contributed by atoms with van der Waals surface area (Å²) in [6.45, 7) is 2.52. The highest BCUT2D eigenvalue weighted by molar-refractivity contribution is 7.84. The van der Waals surface area contributed by atoms with Gasteiger partial charge in [-0.3, -0.25) is 9.59 Å². The molecular weight excluding hydrogens is 345 g/mol. The van der Waals surface area contributed by atoms with Crippen LogP contribution in [0.4, 0.5) is 13.2 Å². The van der Waals surface area contributed by atoms with Gasteiger partial charge in [-0.2, -0.15) is 18.3 Å². The number of carbonyl (C=O) groups excluding carboxylic acids is 2. The quantitative estimate of drug-likeness (QED) is 0.703. The van der Waals surface area contributed by atoms with Crippen molar-refractivity contribution in [2.75, 3.05) is 0 Å². The average molecular weight is 358 g/mol. The number of thiol groups is 1. The Bertz CT molecular complexity index is 789. The molecule has 0 fully saturated rings. The fourth-order valence-corrected chi connectivity index (χ4v) is 2.90. The lowest BCUT2D eigenvalue weighted by atomic mass is 9.81. The number of allylic oxidation sites excluding steroid dienone is 2. The van der Waals surface area contributed by atoms with Gasteiger partial charge in [-0.15, -0.1) is 17.7 Å². The number of amides is 1. The lowest BCUT2D eigenvalue weighted by Gasteiger charge is -2.26. The SMILES string of the molecule is Cc1c(C(F)(F)F)nnc(C2C(=O)C(C)C(=N)C=C2S)c1C(N)=O. The first-order valence-electron chi connectivity index (χ1n) is 6.73. The molecule has 0 bridgehead atoms. The number of nitrogens with two attached hydrogens (primary N) is 1. The molecule has 1 amide bonds. The third-order valence-electron chi connectivity index (χ3n) is 3.81. The molecule has 0 spiro atoms. The highest BCUT2D eigenvalue weighted by Gasteiger charge is 2.41. The van der Waals surface area contributed by atoms with E-state index in [4.69, 9.17) is 11.1 Å². The summed E-state index contributed by atoms with van der Waals surface area (Å²) >= 11 is 4.12. The second kappa shape index (κ2) is 6.00. The fourth-order valence-electron chi connectivity index (χ4n) is 2.51. The van der Waals surface area contributed by atoms with Gasteiger partial charge in [0.2, 0.25) is 0 Å². The molecule has 1 aliphatic carbocycles. The zero-order valence-corrected chi connectivity index (χ0v) is 13.5. The third kappa shape index (κ3) is 2.93. The maximum absolute atomic E-state index is 13.0.